The molecule has 1 heterocycles. The first-order chi connectivity index (χ1) is 7.60. The van der Waals surface area contributed by atoms with Crippen molar-refractivity contribution in [3.63, 3.8) is 0 Å². The molecule has 1 saturated carbocycles. The molecule has 0 radical (unpaired) electrons. The monoisotopic (exact) mass is 216 g/mol. The molecule has 1 aliphatic rings. The summed E-state index contributed by atoms with van der Waals surface area (Å²) in [6, 6.07) is 4.68. The van der Waals surface area contributed by atoms with Gasteiger partial charge in [0.1, 0.15) is 5.75 Å². The summed E-state index contributed by atoms with van der Waals surface area (Å²) in [6.07, 6.45) is 3.63. The van der Waals surface area contributed by atoms with Crippen molar-refractivity contribution in [2.75, 3.05) is 0 Å². The van der Waals surface area contributed by atoms with Gasteiger partial charge in [0.25, 0.3) is 5.56 Å². The molecule has 3 rings (SSSR count). The Bertz CT molecular complexity index is 626. The highest BCUT2D eigenvalue weighted by Crippen LogP contribution is 2.41. The number of aromatic nitrogens is 2. The molecule has 1 N–H and O–H groups in total. The van der Waals surface area contributed by atoms with Crippen LogP contribution in [0.2, 0.25) is 0 Å². The van der Waals surface area contributed by atoms with Gasteiger partial charge in [0, 0.05) is 5.54 Å². The number of hydrogen-bond acceptors (Lipinski definition) is 3. The molecule has 4 nitrogen and oxygen atoms in total. The first kappa shape index (κ1) is 9.39. The van der Waals surface area contributed by atoms with E-state index in [2.05, 4.69) is 4.98 Å². The van der Waals surface area contributed by atoms with Crippen molar-refractivity contribution in [2.24, 2.45) is 0 Å². The van der Waals surface area contributed by atoms with Crippen molar-refractivity contribution >= 4 is 10.9 Å². The molecule has 1 aromatic carbocycles. The number of fused-ring (bicyclic) bond motifs is 1. The zero-order chi connectivity index (χ0) is 11.3. The Morgan fingerprint density at radius 1 is 1.44 bits per heavy atom. The van der Waals surface area contributed by atoms with E-state index >= 15 is 0 Å². The minimum atomic E-state index is -0.0686. The van der Waals surface area contributed by atoms with Crippen LogP contribution in [-0.2, 0) is 5.54 Å². The number of phenolic OH excluding ortho intramolecular Hbond substituents is 1. The van der Waals surface area contributed by atoms with Crippen LogP contribution in [0.1, 0.15) is 19.8 Å². The lowest BCUT2D eigenvalue weighted by Crippen LogP contribution is -2.28. The lowest BCUT2D eigenvalue weighted by molar-refractivity contribution is 0.475. The van der Waals surface area contributed by atoms with Crippen LogP contribution in [0.15, 0.2) is 29.3 Å². The van der Waals surface area contributed by atoms with E-state index in [0.717, 1.165) is 12.8 Å². The van der Waals surface area contributed by atoms with Crippen molar-refractivity contribution in [1.29, 1.82) is 0 Å². The summed E-state index contributed by atoms with van der Waals surface area (Å²) in [6.45, 7) is 2.05. The van der Waals surface area contributed by atoms with Gasteiger partial charge in [0.05, 0.1) is 17.2 Å². The summed E-state index contributed by atoms with van der Waals surface area (Å²) in [4.78, 5) is 16.4. The number of phenols is 1. The summed E-state index contributed by atoms with van der Waals surface area (Å²) in [7, 11) is 0. The predicted molar refractivity (Wildman–Crippen MR) is 60.5 cm³/mol. The minimum absolute atomic E-state index is 0.0657. The maximum atomic E-state index is 12.2. The molecule has 4 heteroatoms. The van der Waals surface area contributed by atoms with Crippen molar-refractivity contribution < 1.29 is 5.11 Å². The average molecular weight is 216 g/mol. The lowest BCUT2D eigenvalue weighted by atomic mass is 10.2. The minimum Gasteiger partial charge on any atom is -0.508 e. The van der Waals surface area contributed by atoms with E-state index in [1.807, 2.05) is 6.92 Å². The first-order valence-corrected chi connectivity index (χ1v) is 5.31. The largest absolute Gasteiger partial charge is 0.508 e. The maximum Gasteiger partial charge on any atom is 0.261 e. The van der Waals surface area contributed by atoms with Crippen LogP contribution in [-0.4, -0.2) is 14.7 Å². The highest BCUT2D eigenvalue weighted by atomic mass is 16.3. The van der Waals surface area contributed by atoms with E-state index in [4.69, 9.17) is 0 Å². The van der Waals surface area contributed by atoms with Gasteiger partial charge in [-0.05, 0) is 38.0 Å². The highest BCUT2D eigenvalue weighted by Gasteiger charge is 2.40. The van der Waals surface area contributed by atoms with Crippen molar-refractivity contribution in [3.05, 3.63) is 34.9 Å². The number of nitrogens with zero attached hydrogens (tertiary/aromatic N) is 2. The summed E-state index contributed by atoms with van der Waals surface area (Å²) in [5, 5.41) is 9.87. The van der Waals surface area contributed by atoms with Gasteiger partial charge >= 0.3 is 0 Å². The van der Waals surface area contributed by atoms with E-state index in [9.17, 15) is 9.90 Å². The number of hydrogen-bond donors (Lipinski definition) is 1. The molecule has 0 spiro atoms. The molecular weight excluding hydrogens is 204 g/mol. The molecule has 0 atom stereocenters. The Labute approximate surface area is 92.2 Å². The van der Waals surface area contributed by atoms with Gasteiger partial charge in [-0.2, -0.15) is 0 Å². The van der Waals surface area contributed by atoms with E-state index in [1.165, 1.54) is 12.1 Å². The Morgan fingerprint density at radius 3 is 2.88 bits per heavy atom. The summed E-state index contributed by atoms with van der Waals surface area (Å²) in [5.74, 6) is 0.102. The Hall–Kier alpha value is -1.84. The van der Waals surface area contributed by atoms with Crippen molar-refractivity contribution in [1.82, 2.24) is 9.55 Å². The van der Waals surface area contributed by atoms with E-state index < -0.39 is 0 Å². The zero-order valence-electron chi connectivity index (χ0n) is 8.97. The zero-order valence-corrected chi connectivity index (χ0v) is 8.97. The van der Waals surface area contributed by atoms with Crippen LogP contribution in [0.25, 0.3) is 10.9 Å². The molecule has 0 aliphatic heterocycles. The molecule has 1 aliphatic carbocycles. The first-order valence-electron chi connectivity index (χ1n) is 5.31. The second-order valence-electron chi connectivity index (χ2n) is 4.62. The van der Waals surface area contributed by atoms with E-state index in [1.54, 1.807) is 17.0 Å². The van der Waals surface area contributed by atoms with Gasteiger partial charge in [-0.15, -0.1) is 0 Å². The van der Waals surface area contributed by atoms with Gasteiger partial charge in [-0.3, -0.25) is 9.36 Å². The van der Waals surface area contributed by atoms with E-state index in [0.29, 0.717) is 10.9 Å². The predicted octanol–water partition coefficient (Wildman–Crippen LogP) is 1.61. The third kappa shape index (κ3) is 1.23. The summed E-state index contributed by atoms with van der Waals surface area (Å²) < 4.78 is 1.68. The molecule has 2 aromatic rings. The molecule has 0 bridgehead atoms. The maximum absolute atomic E-state index is 12.2. The Balaban J connectivity index is 2.35. The van der Waals surface area contributed by atoms with Crippen LogP contribution in [0.4, 0.5) is 0 Å². The molecule has 1 aromatic heterocycles. The molecule has 16 heavy (non-hydrogen) atoms. The van der Waals surface area contributed by atoms with Gasteiger partial charge < -0.3 is 5.11 Å². The molecular formula is C12H12N2O2. The molecule has 1 fully saturated rings. The molecule has 0 amide bonds. The van der Waals surface area contributed by atoms with Crippen molar-refractivity contribution in [3.8, 4) is 5.75 Å². The number of benzene rings is 1. The fraction of sp³-hybridized carbons (Fsp3) is 0.333. The van der Waals surface area contributed by atoms with Crippen LogP contribution in [0, 0.1) is 0 Å². The molecule has 82 valence electrons. The third-order valence-electron chi connectivity index (χ3n) is 3.30. The lowest BCUT2D eigenvalue weighted by Gasteiger charge is -2.12. The standard InChI is InChI=1S/C12H12N2O2/c1-12(4-5-12)14-7-13-10-3-2-8(15)6-9(10)11(14)16/h2-3,6-7,15H,4-5H2,1H3. The van der Waals surface area contributed by atoms with Crippen LogP contribution in [0.5, 0.6) is 5.75 Å². The van der Waals surface area contributed by atoms with Gasteiger partial charge in [0.15, 0.2) is 0 Å². The topological polar surface area (TPSA) is 55.1 Å². The second kappa shape index (κ2) is 2.84. The third-order valence-corrected chi connectivity index (χ3v) is 3.30. The number of aromatic hydroxyl groups is 1. The smallest absolute Gasteiger partial charge is 0.261 e. The highest BCUT2D eigenvalue weighted by molar-refractivity contribution is 5.78. The second-order valence-corrected chi connectivity index (χ2v) is 4.62. The van der Waals surface area contributed by atoms with Gasteiger partial charge in [-0.25, -0.2) is 4.98 Å². The normalized spacial score (nSPS) is 17.6. The van der Waals surface area contributed by atoms with Crippen LogP contribution in [0.3, 0.4) is 0 Å². The van der Waals surface area contributed by atoms with Crippen LogP contribution < -0.4 is 5.56 Å². The van der Waals surface area contributed by atoms with Gasteiger partial charge in [0.2, 0.25) is 0 Å². The van der Waals surface area contributed by atoms with Gasteiger partial charge in [-0.1, -0.05) is 0 Å². The fourth-order valence-electron chi connectivity index (χ4n) is 1.92. The Morgan fingerprint density at radius 2 is 2.19 bits per heavy atom. The number of rotatable bonds is 1. The average Bonchev–Trinajstić information content (AvgIpc) is 2.99. The van der Waals surface area contributed by atoms with Crippen molar-refractivity contribution in [2.45, 2.75) is 25.3 Å². The molecule has 0 unspecified atom stereocenters. The Kier molecular flexibility index (Phi) is 1.67. The summed E-state index contributed by atoms with van der Waals surface area (Å²) in [5.41, 5.74) is 0.494. The fourth-order valence-corrected chi connectivity index (χ4v) is 1.92. The van der Waals surface area contributed by atoms with Crippen LogP contribution >= 0.6 is 0 Å². The SMILES string of the molecule is CC1(n2cnc3ccc(O)cc3c2=O)CC1. The van der Waals surface area contributed by atoms with E-state index in [-0.39, 0.29) is 16.8 Å². The quantitative estimate of drug-likeness (QED) is 0.787. The molecule has 0 saturated heterocycles. The summed E-state index contributed by atoms with van der Waals surface area (Å²) >= 11 is 0.